The van der Waals surface area contributed by atoms with Gasteiger partial charge in [-0.2, -0.15) is 0 Å². The molecule has 3 N–H and O–H groups in total. The van der Waals surface area contributed by atoms with Crippen LogP contribution in [0.25, 0.3) is 0 Å². The molecule has 0 aliphatic heterocycles. The number of hydrogen-bond donors (Lipinski definition) is 2. The minimum absolute atomic E-state index is 0.222. The topological polar surface area (TPSA) is 64.4 Å². The van der Waals surface area contributed by atoms with Crippen LogP contribution < -0.4 is 11.1 Å². The van der Waals surface area contributed by atoms with Crippen LogP contribution in [0.2, 0.25) is 5.02 Å². The average Bonchev–Trinajstić information content (AvgIpc) is 2.67. The van der Waals surface area contributed by atoms with E-state index in [2.05, 4.69) is 17.4 Å². The molecule has 1 fully saturated rings. The summed E-state index contributed by atoms with van der Waals surface area (Å²) in [6.45, 7) is 0.222. The molecule has 6 heteroatoms. The molecule has 1 amide bonds. The fourth-order valence-electron chi connectivity index (χ4n) is 3.78. The van der Waals surface area contributed by atoms with E-state index in [0.29, 0.717) is 16.9 Å². The van der Waals surface area contributed by atoms with E-state index in [-0.39, 0.29) is 6.61 Å². The van der Waals surface area contributed by atoms with Crippen molar-refractivity contribution in [2.24, 2.45) is 11.7 Å². The van der Waals surface area contributed by atoms with Gasteiger partial charge < -0.3 is 15.8 Å². The molecule has 28 heavy (non-hydrogen) atoms. The van der Waals surface area contributed by atoms with Crippen LogP contribution in [0, 0.1) is 5.92 Å². The zero-order valence-electron chi connectivity index (χ0n) is 15.7. The number of amides is 1. The monoisotopic (exact) mass is 416 g/mol. The molecule has 0 unspecified atom stereocenters. The quantitative estimate of drug-likeness (QED) is 0.563. The van der Waals surface area contributed by atoms with Gasteiger partial charge >= 0.3 is 6.09 Å². The van der Waals surface area contributed by atoms with Crippen molar-refractivity contribution >= 4 is 40.6 Å². The second kappa shape index (κ2) is 9.89. The normalized spacial score (nSPS) is 19.0. The lowest BCUT2D eigenvalue weighted by Gasteiger charge is -2.29. The highest BCUT2D eigenvalue weighted by Gasteiger charge is 2.23. The van der Waals surface area contributed by atoms with Crippen molar-refractivity contribution in [1.29, 1.82) is 0 Å². The van der Waals surface area contributed by atoms with Crippen LogP contribution in [0.4, 0.5) is 10.5 Å². The van der Waals surface area contributed by atoms with E-state index in [1.807, 2.05) is 36.4 Å². The van der Waals surface area contributed by atoms with E-state index in [9.17, 15) is 4.79 Å². The minimum atomic E-state index is -0.745. The molecule has 1 aliphatic rings. The lowest BCUT2D eigenvalue weighted by atomic mass is 9.77. The Hall–Kier alpha value is -2.11. The third-order valence-corrected chi connectivity index (χ3v) is 5.77. The third-order valence-electron chi connectivity index (χ3n) is 5.26. The number of thiocarbonyl (C=S) groups is 1. The van der Waals surface area contributed by atoms with E-state index < -0.39 is 6.09 Å². The summed E-state index contributed by atoms with van der Waals surface area (Å²) in [7, 11) is 0. The first-order valence-corrected chi connectivity index (χ1v) is 10.3. The van der Waals surface area contributed by atoms with Gasteiger partial charge in [-0.05, 0) is 66.8 Å². The van der Waals surface area contributed by atoms with Crippen molar-refractivity contribution in [1.82, 2.24) is 0 Å². The largest absolute Gasteiger partial charge is 0.445 e. The summed E-state index contributed by atoms with van der Waals surface area (Å²) < 4.78 is 4.83. The molecule has 0 atom stereocenters. The van der Waals surface area contributed by atoms with Crippen LogP contribution in [-0.4, -0.2) is 11.1 Å². The maximum absolute atomic E-state index is 10.7. The zero-order valence-corrected chi connectivity index (χ0v) is 17.3. The van der Waals surface area contributed by atoms with Crippen LogP contribution in [0.5, 0.6) is 0 Å². The van der Waals surface area contributed by atoms with Crippen molar-refractivity contribution in [2.45, 2.75) is 44.6 Å². The molecule has 0 aromatic heterocycles. The molecule has 148 valence electrons. The summed E-state index contributed by atoms with van der Waals surface area (Å²) in [5.74, 6) is 1.20. The molecule has 0 saturated heterocycles. The summed E-state index contributed by atoms with van der Waals surface area (Å²) in [4.78, 5) is 11.6. The van der Waals surface area contributed by atoms with E-state index in [1.165, 1.54) is 31.2 Å². The summed E-state index contributed by atoms with van der Waals surface area (Å²) in [5.41, 5.74) is 8.25. The van der Waals surface area contributed by atoms with Crippen LogP contribution in [-0.2, 0) is 11.3 Å². The Morgan fingerprint density at radius 1 is 1.14 bits per heavy atom. The molecular formula is C22H25ClN2O2S. The molecule has 0 spiro atoms. The molecule has 0 heterocycles. The van der Waals surface area contributed by atoms with Crippen molar-refractivity contribution < 1.29 is 9.53 Å². The minimum Gasteiger partial charge on any atom is -0.445 e. The number of hydrogen-bond acceptors (Lipinski definition) is 3. The molecule has 3 rings (SSSR count). The number of nitrogens with one attached hydrogen (secondary N) is 1. The van der Waals surface area contributed by atoms with Crippen molar-refractivity contribution in [3.8, 4) is 0 Å². The van der Waals surface area contributed by atoms with Crippen LogP contribution >= 0.6 is 23.8 Å². The predicted octanol–water partition coefficient (Wildman–Crippen LogP) is 6.04. The Balaban J connectivity index is 1.45. The summed E-state index contributed by atoms with van der Waals surface area (Å²) in [6.07, 6.45) is 4.86. The molecule has 0 radical (unpaired) electrons. The molecule has 1 saturated carbocycles. The van der Waals surface area contributed by atoms with Crippen molar-refractivity contribution in [3.63, 3.8) is 0 Å². The third kappa shape index (κ3) is 6.21. The maximum Gasteiger partial charge on any atom is 0.404 e. The first-order valence-electron chi connectivity index (χ1n) is 9.56. The number of halogens is 1. The number of primary amides is 1. The Kier molecular flexibility index (Phi) is 7.29. The fourth-order valence-corrected chi connectivity index (χ4v) is 4.32. The molecule has 4 nitrogen and oxygen atoms in total. The van der Waals surface area contributed by atoms with E-state index >= 15 is 0 Å². The highest BCUT2D eigenvalue weighted by molar-refractivity contribution is 7.80. The molecule has 2 aromatic rings. The molecule has 1 aliphatic carbocycles. The van der Waals surface area contributed by atoms with Gasteiger partial charge in [0.25, 0.3) is 0 Å². The Bertz CT molecular complexity index is 818. The average molecular weight is 417 g/mol. The molecule has 0 bridgehead atoms. The second-order valence-corrected chi connectivity index (χ2v) is 8.26. The summed E-state index contributed by atoms with van der Waals surface area (Å²) in [6, 6.07) is 15.9. The standard InChI is InChI=1S/C22H25ClN2O2S/c23-19-2-1-3-20(13-19)25-21(28)12-15-4-8-17(9-5-15)18-10-6-16(7-11-18)14-27-22(24)26/h1-3,6-7,10-11,13,15,17H,4-5,8-9,12,14H2,(H2,24,26)(H,25,28)/t15-,17+. The van der Waals surface area contributed by atoms with E-state index in [0.717, 1.165) is 22.7 Å². The van der Waals surface area contributed by atoms with Crippen molar-refractivity contribution in [3.05, 3.63) is 64.7 Å². The van der Waals surface area contributed by atoms with Gasteiger partial charge in [-0.1, -0.05) is 54.2 Å². The first-order chi connectivity index (χ1) is 13.5. The number of nitrogens with two attached hydrogens (primary N) is 1. The second-order valence-electron chi connectivity index (χ2n) is 7.33. The number of benzene rings is 2. The van der Waals surface area contributed by atoms with Crippen LogP contribution in [0.1, 0.15) is 49.1 Å². The fraction of sp³-hybridized carbons (Fsp3) is 0.364. The van der Waals surface area contributed by atoms with E-state index in [4.69, 9.17) is 34.3 Å². The highest BCUT2D eigenvalue weighted by Crippen LogP contribution is 2.37. The summed E-state index contributed by atoms with van der Waals surface area (Å²) in [5, 5.41) is 4.01. The number of rotatable bonds is 6. The van der Waals surface area contributed by atoms with E-state index in [1.54, 1.807) is 0 Å². The number of carbonyl (C=O) groups is 1. The van der Waals surface area contributed by atoms with Gasteiger partial charge in [-0.3, -0.25) is 0 Å². The Labute approximate surface area is 176 Å². The molecule has 2 aromatic carbocycles. The summed E-state index contributed by atoms with van der Waals surface area (Å²) >= 11 is 11.6. The SMILES string of the molecule is NC(=O)OCc1ccc([C@H]2CC[C@@H](CC(=S)Nc3cccc(Cl)c3)CC2)cc1. The Morgan fingerprint density at radius 2 is 1.86 bits per heavy atom. The van der Waals surface area contributed by atoms with Crippen LogP contribution in [0.3, 0.4) is 0 Å². The number of anilines is 1. The first kappa shape index (κ1) is 20.6. The lowest BCUT2D eigenvalue weighted by molar-refractivity contribution is 0.150. The van der Waals surface area contributed by atoms with Gasteiger partial charge in [0.15, 0.2) is 0 Å². The smallest absolute Gasteiger partial charge is 0.404 e. The van der Waals surface area contributed by atoms with Gasteiger partial charge in [0.2, 0.25) is 0 Å². The highest BCUT2D eigenvalue weighted by atomic mass is 35.5. The predicted molar refractivity (Wildman–Crippen MR) is 118 cm³/mol. The van der Waals surface area contributed by atoms with Gasteiger partial charge in [0.05, 0.1) is 4.99 Å². The lowest BCUT2D eigenvalue weighted by Crippen LogP contribution is -2.19. The van der Waals surface area contributed by atoms with Crippen molar-refractivity contribution in [2.75, 3.05) is 5.32 Å². The number of ether oxygens (including phenoxy) is 1. The van der Waals surface area contributed by atoms with Gasteiger partial charge in [-0.25, -0.2) is 4.79 Å². The number of carbonyl (C=O) groups excluding carboxylic acids is 1. The van der Waals surface area contributed by atoms with Crippen LogP contribution in [0.15, 0.2) is 48.5 Å². The van der Waals surface area contributed by atoms with Gasteiger partial charge in [-0.15, -0.1) is 0 Å². The van der Waals surface area contributed by atoms with Gasteiger partial charge in [0.1, 0.15) is 6.61 Å². The zero-order chi connectivity index (χ0) is 19.9. The van der Waals surface area contributed by atoms with Gasteiger partial charge in [0, 0.05) is 17.1 Å². The molecular weight excluding hydrogens is 392 g/mol. The Morgan fingerprint density at radius 3 is 2.50 bits per heavy atom. The maximum atomic E-state index is 10.7.